The number of ether oxygens (including phenoxy) is 2. The first-order valence-electron chi connectivity index (χ1n) is 9.14. The van der Waals surface area contributed by atoms with Gasteiger partial charge in [0.25, 0.3) is 5.56 Å². The molecular weight excluding hydrogens is 361 g/mol. The Morgan fingerprint density at radius 1 is 1.29 bits per heavy atom. The number of hydrogen-bond donors (Lipinski definition) is 1. The molecule has 1 atom stereocenters. The van der Waals surface area contributed by atoms with Gasteiger partial charge in [-0.15, -0.1) is 0 Å². The van der Waals surface area contributed by atoms with Crippen LogP contribution in [0.3, 0.4) is 0 Å². The number of hydrogen-bond acceptors (Lipinski definition) is 5. The summed E-state index contributed by atoms with van der Waals surface area (Å²) in [5.41, 5.74) is 1.39. The van der Waals surface area contributed by atoms with Crippen molar-refractivity contribution in [1.82, 2.24) is 9.55 Å². The van der Waals surface area contributed by atoms with Gasteiger partial charge in [0.1, 0.15) is 11.9 Å². The molecule has 146 valence electrons. The molecule has 4 rings (SSSR count). The molecule has 7 heteroatoms. The zero-order chi connectivity index (χ0) is 19.9. The fraction of sp³-hybridized carbons (Fsp3) is 0.333. The highest BCUT2D eigenvalue weighted by atomic mass is 19.1. The van der Waals surface area contributed by atoms with Gasteiger partial charge in [-0.1, -0.05) is 6.07 Å². The van der Waals surface area contributed by atoms with Crippen molar-refractivity contribution in [3.05, 3.63) is 64.6 Å². The van der Waals surface area contributed by atoms with Crippen LogP contribution in [-0.2, 0) is 16.0 Å². The molecule has 0 saturated carbocycles. The van der Waals surface area contributed by atoms with Crippen molar-refractivity contribution in [1.29, 1.82) is 0 Å². The molecule has 1 aliphatic rings. The van der Waals surface area contributed by atoms with Crippen molar-refractivity contribution in [2.45, 2.75) is 39.2 Å². The standard InChI is InChI=1S/C21H22FN3O3/c1-13-4-5-17(16(22)8-13)24-18-10-23-9-14-6-7-25(20(26)19(14)18)11-15-12-27-21(2,3)28-15/h4-10,15,24H,11-12H2,1-3H3. The Morgan fingerprint density at radius 3 is 2.82 bits per heavy atom. The summed E-state index contributed by atoms with van der Waals surface area (Å²) in [6.07, 6.45) is 4.66. The number of aromatic nitrogens is 2. The molecule has 1 aromatic carbocycles. The largest absolute Gasteiger partial charge is 0.351 e. The minimum atomic E-state index is -0.648. The quantitative estimate of drug-likeness (QED) is 0.744. The van der Waals surface area contributed by atoms with E-state index in [1.165, 1.54) is 12.3 Å². The fourth-order valence-electron chi connectivity index (χ4n) is 3.40. The average molecular weight is 383 g/mol. The van der Waals surface area contributed by atoms with E-state index in [0.717, 1.165) is 5.56 Å². The van der Waals surface area contributed by atoms with Gasteiger partial charge in [0.05, 0.1) is 36.1 Å². The van der Waals surface area contributed by atoms with Crippen molar-refractivity contribution in [3.63, 3.8) is 0 Å². The second-order valence-electron chi connectivity index (χ2n) is 7.48. The van der Waals surface area contributed by atoms with Gasteiger partial charge in [-0.25, -0.2) is 4.39 Å². The highest BCUT2D eigenvalue weighted by Gasteiger charge is 2.32. The minimum Gasteiger partial charge on any atom is -0.351 e. The highest BCUT2D eigenvalue weighted by Crippen LogP contribution is 2.26. The number of benzene rings is 1. The van der Waals surface area contributed by atoms with E-state index in [2.05, 4.69) is 10.3 Å². The number of halogens is 1. The Morgan fingerprint density at radius 2 is 2.11 bits per heavy atom. The van der Waals surface area contributed by atoms with Gasteiger partial charge in [0.2, 0.25) is 0 Å². The predicted molar refractivity (Wildman–Crippen MR) is 105 cm³/mol. The van der Waals surface area contributed by atoms with E-state index in [1.54, 1.807) is 29.1 Å². The van der Waals surface area contributed by atoms with Crippen LogP contribution in [0.2, 0.25) is 0 Å². The van der Waals surface area contributed by atoms with Crippen LogP contribution in [0.25, 0.3) is 10.8 Å². The zero-order valence-corrected chi connectivity index (χ0v) is 16.0. The van der Waals surface area contributed by atoms with Crippen LogP contribution in [0.1, 0.15) is 19.4 Å². The molecule has 0 spiro atoms. The summed E-state index contributed by atoms with van der Waals surface area (Å²) >= 11 is 0. The van der Waals surface area contributed by atoms with Crippen LogP contribution < -0.4 is 10.9 Å². The van der Waals surface area contributed by atoms with Crippen LogP contribution in [0.4, 0.5) is 15.8 Å². The molecule has 3 aromatic rings. The van der Waals surface area contributed by atoms with Crippen molar-refractivity contribution in [2.24, 2.45) is 0 Å². The number of nitrogens with one attached hydrogen (secondary N) is 1. The first-order valence-corrected chi connectivity index (χ1v) is 9.14. The molecule has 6 nitrogen and oxygen atoms in total. The maximum Gasteiger partial charge on any atom is 0.260 e. The van der Waals surface area contributed by atoms with Crippen LogP contribution in [0.15, 0.2) is 47.7 Å². The summed E-state index contributed by atoms with van der Waals surface area (Å²) in [6, 6.07) is 6.72. The van der Waals surface area contributed by atoms with E-state index >= 15 is 0 Å². The molecule has 1 saturated heterocycles. The third-order valence-corrected chi connectivity index (χ3v) is 4.75. The molecular formula is C21H22FN3O3. The van der Waals surface area contributed by atoms with Crippen molar-refractivity contribution in [2.75, 3.05) is 11.9 Å². The lowest BCUT2D eigenvalue weighted by Crippen LogP contribution is -2.29. The van der Waals surface area contributed by atoms with E-state index in [9.17, 15) is 9.18 Å². The highest BCUT2D eigenvalue weighted by molar-refractivity contribution is 5.93. The monoisotopic (exact) mass is 383 g/mol. The number of nitrogens with zero attached hydrogens (tertiary/aromatic N) is 2. The summed E-state index contributed by atoms with van der Waals surface area (Å²) in [6.45, 7) is 6.31. The third kappa shape index (κ3) is 3.63. The molecule has 1 N–H and O–H groups in total. The number of rotatable bonds is 4. The summed E-state index contributed by atoms with van der Waals surface area (Å²) in [4.78, 5) is 17.3. The maximum absolute atomic E-state index is 14.3. The predicted octanol–water partition coefficient (Wildman–Crippen LogP) is 3.74. The Hall–Kier alpha value is -2.77. The average Bonchev–Trinajstić information content (AvgIpc) is 2.98. The summed E-state index contributed by atoms with van der Waals surface area (Å²) < 4.78 is 27.2. The maximum atomic E-state index is 14.3. The summed E-state index contributed by atoms with van der Waals surface area (Å²) in [7, 11) is 0. The second-order valence-corrected chi connectivity index (χ2v) is 7.48. The van der Waals surface area contributed by atoms with Gasteiger partial charge in [-0.3, -0.25) is 9.78 Å². The molecule has 1 fully saturated rings. The third-order valence-electron chi connectivity index (χ3n) is 4.75. The number of fused-ring (bicyclic) bond motifs is 1. The topological polar surface area (TPSA) is 65.4 Å². The molecule has 0 aliphatic carbocycles. The fourth-order valence-corrected chi connectivity index (χ4v) is 3.40. The molecule has 0 radical (unpaired) electrons. The molecule has 28 heavy (non-hydrogen) atoms. The molecule has 1 aliphatic heterocycles. The van der Waals surface area contributed by atoms with E-state index in [-0.39, 0.29) is 17.5 Å². The van der Waals surface area contributed by atoms with Crippen LogP contribution in [-0.4, -0.2) is 28.0 Å². The molecule has 2 aromatic heterocycles. The van der Waals surface area contributed by atoms with E-state index in [4.69, 9.17) is 9.47 Å². The number of aryl methyl sites for hydroxylation is 1. The van der Waals surface area contributed by atoms with Gasteiger partial charge >= 0.3 is 0 Å². The van der Waals surface area contributed by atoms with Gasteiger partial charge in [0, 0.05) is 17.8 Å². The second kappa shape index (κ2) is 7.00. The molecule has 0 amide bonds. The first-order chi connectivity index (χ1) is 13.3. The molecule has 0 bridgehead atoms. The summed E-state index contributed by atoms with van der Waals surface area (Å²) in [5, 5.41) is 4.15. The van der Waals surface area contributed by atoms with Gasteiger partial charge in [-0.2, -0.15) is 0 Å². The van der Waals surface area contributed by atoms with Crippen LogP contribution in [0.5, 0.6) is 0 Å². The summed E-state index contributed by atoms with van der Waals surface area (Å²) in [5.74, 6) is -1.03. The van der Waals surface area contributed by atoms with Gasteiger partial charge < -0.3 is 19.4 Å². The van der Waals surface area contributed by atoms with Crippen LogP contribution in [0, 0.1) is 12.7 Å². The van der Waals surface area contributed by atoms with Crippen LogP contribution >= 0.6 is 0 Å². The van der Waals surface area contributed by atoms with E-state index in [0.29, 0.717) is 35.3 Å². The SMILES string of the molecule is Cc1ccc(Nc2cncc3ccn(CC4COC(C)(C)O4)c(=O)c23)c(F)c1. The molecule has 3 heterocycles. The molecule has 1 unspecified atom stereocenters. The lowest BCUT2D eigenvalue weighted by Gasteiger charge is -2.18. The normalized spacial score (nSPS) is 18.5. The van der Waals surface area contributed by atoms with E-state index in [1.807, 2.05) is 26.8 Å². The number of pyridine rings is 2. The van der Waals surface area contributed by atoms with Gasteiger partial charge in [-0.05, 0) is 44.5 Å². The Kier molecular flexibility index (Phi) is 4.64. The van der Waals surface area contributed by atoms with E-state index < -0.39 is 5.79 Å². The minimum absolute atomic E-state index is 0.191. The zero-order valence-electron chi connectivity index (χ0n) is 16.0. The smallest absolute Gasteiger partial charge is 0.260 e. The van der Waals surface area contributed by atoms with Crippen molar-refractivity contribution in [3.8, 4) is 0 Å². The van der Waals surface area contributed by atoms with Crippen molar-refractivity contribution < 1.29 is 13.9 Å². The Labute approximate surface area is 161 Å². The Bertz CT molecular complexity index is 1090. The van der Waals surface area contributed by atoms with Crippen molar-refractivity contribution >= 4 is 22.1 Å². The lowest BCUT2D eigenvalue weighted by atomic mass is 10.1. The lowest BCUT2D eigenvalue weighted by molar-refractivity contribution is -0.139. The number of anilines is 2. The first kappa shape index (κ1) is 18.6. The van der Waals surface area contributed by atoms with Gasteiger partial charge in [0.15, 0.2) is 5.79 Å². The Balaban J connectivity index is 1.71.